The molecule has 0 aliphatic rings. The van der Waals surface area contributed by atoms with Crippen LogP contribution in [0.25, 0.3) is 27.9 Å². The Morgan fingerprint density at radius 1 is 1.34 bits per heavy atom. The van der Waals surface area contributed by atoms with Gasteiger partial charge >= 0.3 is 0 Å². The van der Waals surface area contributed by atoms with Crippen LogP contribution in [0.4, 0.5) is 4.39 Å². The average molecular weight is 413 g/mol. The van der Waals surface area contributed by atoms with E-state index in [9.17, 15) is 9.50 Å². The number of rotatable bonds is 7. The van der Waals surface area contributed by atoms with Crippen LogP contribution in [0.5, 0.6) is 0 Å². The van der Waals surface area contributed by atoms with E-state index in [1.54, 1.807) is 18.0 Å². The molecule has 0 spiro atoms. The van der Waals surface area contributed by atoms with Gasteiger partial charge in [0.25, 0.3) is 0 Å². The van der Waals surface area contributed by atoms with E-state index < -0.39 is 0 Å². The first-order valence-corrected chi connectivity index (χ1v) is 9.97. The molecule has 0 aliphatic carbocycles. The molecule has 0 fully saturated rings. The van der Waals surface area contributed by atoms with E-state index in [1.165, 1.54) is 6.08 Å². The highest BCUT2D eigenvalue weighted by Gasteiger charge is 2.19. The van der Waals surface area contributed by atoms with Crippen LogP contribution >= 0.6 is 11.9 Å². The van der Waals surface area contributed by atoms with E-state index >= 15 is 0 Å². The molecular formula is C22H25FN4OS. The Bertz CT molecular complexity index is 1090. The van der Waals surface area contributed by atoms with Gasteiger partial charge in [0.15, 0.2) is 0 Å². The van der Waals surface area contributed by atoms with E-state index in [1.807, 2.05) is 54.2 Å². The zero-order valence-electron chi connectivity index (χ0n) is 16.8. The average Bonchev–Trinajstić information content (AvgIpc) is 2.92. The van der Waals surface area contributed by atoms with Crippen molar-refractivity contribution in [1.82, 2.24) is 13.9 Å². The van der Waals surface area contributed by atoms with Crippen LogP contribution in [0.15, 0.2) is 59.8 Å². The van der Waals surface area contributed by atoms with Gasteiger partial charge in [-0.05, 0) is 68.9 Å². The summed E-state index contributed by atoms with van der Waals surface area (Å²) >= 11 is 1.62. The number of hydrogen-bond acceptors (Lipinski definition) is 5. The van der Waals surface area contributed by atoms with Crippen molar-refractivity contribution in [3.8, 4) is 11.1 Å². The molecule has 3 aromatic rings. The molecule has 5 nitrogen and oxygen atoms in total. The summed E-state index contributed by atoms with van der Waals surface area (Å²) in [6, 6.07) is 11.7. The smallest absolute Gasteiger partial charge is 0.134 e. The number of benzene rings is 1. The number of aromatic nitrogens is 2. The van der Waals surface area contributed by atoms with Crippen LogP contribution in [-0.2, 0) is 6.54 Å². The molecule has 1 aromatic carbocycles. The molecule has 3 rings (SSSR count). The number of pyridine rings is 1. The van der Waals surface area contributed by atoms with Gasteiger partial charge in [0.2, 0.25) is 0 Å². The molecule has 7 heteroatoms. The number of fused-ring (bicyclic) bond motifs is 1. The van der Waals surface area contributed by atoms with E-state index in [0.717, 1.165) is 27.2 Å². The van der Waals surface area contributed by atoms with Gasteiger partial charge in [0, 0.05) is 22.7 Å². The number of aliphatic hydroxyl groups is 1. The Kier molecular flexibility index (Phi) is 6.42. The van der Waals surface area contributed by atoms with Gasteiger partial charge in [-0.1, -0.05) is 18.7 Å². The quantitative estimate of drug-likeness (QED) is 0.426. The van der Waals surface area contributed by atoms with Gasteiger partial charge in [-0.2, -0.15) is 0 Å². The Hall–Kier alpha value is -2.61. The molecule has 0 amide bonds. The summed E-state index contributed by atoms with van der Waals surface area (Å²) in [5, 5.41) is 9.82. The zero-order chi connectivity index (χ0) is 21.1. The second-order valence-electron chi connectivity index (χ2n) is 6.88. The molecule has 0 unspecified atom stereocenters. The topological polar surface area (TPSA) is 67.3 Å². The zero-order valence-corrected chi connectivity index (χ0v) is 17.6. The minimum Gasteiger partial charge on any atom is -0.506 e. The maximum Gasteiger partial charge on any atom is 0.134 e. The summed E-state index contributed by atoms with van der Waals surface area (Å²) < 4.78 is 18.2. The summed E-state index contributed by atoms with van der Waals surface area (Å²) in [6.07, 6.45) is 1.37. The fourth-order valence-electron chi connectivity index (χ4n) is 3.31. The Morgan fingerprint density at radius 3 is 2.76 bits per heavy atom. The maximum absolute atomic E-state index is 14.3. The third-order valence-electron chi connectivity index (χ3n) is 4.52. The highest BCUT2D eigenvalue weighted by molar-refractivity contribution is 7.97. The molecular weight excluding hydrogens is 387 g/mol. The second-order valence-corrected chi connectivity index (χ2v) is 8.26. The largest absolute Gasteiger partial charge is 0.506 e. The molecule has 0 bridgehead atoms. The standard InChI is InChI=1S/C22H25FN4OS/c1-14-21(16-6-5-7-18(12-16)29-26(3)4)22-20(9-8-19(25-22)15(2)28)27(14)13-17(23)10-11-24/h5-10,12,28H,2,11,13,24H2,1,3-4H3/b17-10-. The van der Waals surface area contributed by atoms with Crippen LogP contribution in [0.1, 0.15) is 11.4 Å². The molecule has 2 heterocycles. The van der Waals surface area contributed by atoms with Crippen molar-refractivity contribution < 1.29 is 9.50 Å². The van der Waals surface area contributed by atoms with E-state index in [4.69, 9.17) is 5.73 Å². The summed E-state index contributed by atoms with van der Waals surface area (Å²) in [5.41, 5.74) is 10.1. The van der Waals surface area contributed by atoms with Gasteiger partial charge in [0.1, 0.15) is 17.3 Å². The molecule has 29 heavy (non-hydrogen) atoms. The predicted octanol–water partition coefficient (Wildman–Crippen LogP) is 4.92. The fourth-order valence-corrected chi connectivity index (χ4v) is 4.05. The van der Waals surface area contributed by atoms with Crippen LogP contribution < -0.4 is 5.73 Å². The Morgan fingerprint density at radius 2 is 2.10 bits per heavy atom. The first-order chi connectivity index (χ1) is 13.8. The lowest BCUT2D eigenvalue weighted by Crippen LogP contribution is -2.03. The number of nitrogens with two attached hydrogens (primary N) is 1. The lowest BCUT2D eigenvalue weighted by atomic mass is 10.0. The molecule has 0 atom stereocenters. The molecule has 0 saturated carbocycles. The van der Waals surface area contributed by atoms with Crippen molar-refractivity contribution in [3.05, 3.63) is 66.3 Å². The number of halogens is 1. The second kappa shape index (κ2) is 8.82. The lowest BCUT2D eigenvalue weighted by Gasteiger charge is -2.10. The lowest BCUT2D eigenvalue weighted by molar-refractivity contribution is 0.511. The summed E-state index contributed by atoms with van der Waals surface area (Å²) in [7, 11) is 3.98. The van der Waals surface area contributed by atoms with Gasteiger partial charge in [-0.25, -0.2) is 9.37 Å². The molecule has 0 aliphatic heterocycles. The minimum absolute atomic E-state index is 0.0762. The predicted molar refractivity (Wildman–Crippen MR) is 119 cm³/mol. The van der Waals surface area contributed by atoms with Crippen LogP contribution in [-0.4, -0.2) is 39.6 Å². The Balaban J connectivity index is 2.24. The van der Waals surface area contributed by atoms with E-state index in [-0.39, 0.29) is 24.7 Å². The van der Waals surface area contributed by atoms with Gasteiger partial charge < -0.3 is 15.4 Å². The molecule has 0 saturated heterocycles. The normalized spacial score (nSPS) is 12.1. The number of hydrogen-bond donors (Lipinski definition) is 2. The third kappa shape index (κ3) is 4.53. The van der Waals surface area contributed by atoms with Crippen LogP contribution in [0.3, 0.4) is 0 Å². The third-order valence-corrected chi connectivity index (χ3v) is 5.35. The van der Waals surface area contributed by atoms with Gasteiger partial charge in [-0.15, -0.1) is 0 Å². The number of nitrogens with zero attached hydrogens (tertiary/aromatic N) is 3. The number of aliphatic hydroxyl groups excluding tert-OH is 1. The van der Waals surface area contributed by atoms with Crippen molar-refractivity contribution in [2.24, 2.45) is 5.73 Å². The summed E-state index contributed by atoms with van der Waals surface area (Å²) in [4.78, 5) is 5.71. The maximum atomic E-state index is 14.3. The molecule has 3 N–H and O–H groups in total. The van der Waals surface area contributed by atoms with Gasteiger partial charge in [-0.3, -0.25) is 4.31 Å². The minimum atomic E-state index is -0.299. The Labute approximate surface area is 174 Å². The molecule has 152 valence electrons. The molecule has 0 radical (unpaired) electrons. The van der Waals surface area contributed by atoms with E-state index in [0.29, 0.717) is 11.2 Å². The van der Waals surface area contributed by atoms with Crippen LogP contribution in [0.2, 0.25) is 0 Å². The molecule has 2 aromatic heterocycles. The van der Waals surface area contributed by atoms with Crippen molar-refractivity contribution >= 4 is 28.7 Å². The van der Waals surface area contributed by atoms with E-state index in [2.05, 4.69) is 17.6 Å². The summed E-state index contributed by atoms with van der Waals surface area (Å²) in [5.74, 6) is -0.402. The highest BCUT2D eigenvalue weighted by Crippen LogP contribution is 2.36. The van der Waals surface area contributed by atoms with Crippen molar-refractivity contribution in [2.75, 3.05) is 20.6 Å². The highest BCUT2D eigenvalue weighted by atomic mass is 32.2. The summed E-state index contributed by atoms with van der Waals surface area (Å²) in [6.45, 7) is 5.75. The van der Waals surface area contributed by atoms with Crippen molar-refractivity contribution in [3.63, 3.8) is 0 Å². The van der Waals surface area contributed by atoms with Crippen LogP contribution in [0, 0.1) is 6.92 Å². The SMILES string of the molecule is C=C(O)c1ccc2c(n1)c(-c1cccc(SN(C)C)c1)c(C)n2C/C(F)=C/CN. The number of allylic oxidation sites excluding steroid dienone is 1. The first kappa shape index (κ1) is 21.1. The van der Waals surface area contributed by atoms with Crippen molar-refractivity contribution in [1.29, 1.82) is 0 Å². The van der Waals surface area contributed by atoms with Crippen molar-refractivity contribution in [2.45, 2.75) is 18.4 Å². The first-order valence-electron chi connectivity index (χ1n) is 9.20. The van der Waals surface area contributed by atoms with Gasteiger partial charge in [0.05, 0.1) is 17.6 Å². The fraction of sp³-hybridized carbons (Fsp3) is 0.227. The monoisotopic (exact) mass is 412 g/mol.